The fourth-order valence-electron chi connectivity index (χ4n) is 3.45. The third-order valence-corrected chi connectivity index (χ3v) is 8.09. The van der Waals surface area contributed by atoms with Crippen LogP contribution in [0.15, 0.2) is 0 Å². The Hall–Kier alpha value is -1.33. The molecular formula is C27H46O8S3. The zero-order chi connectivity index (χ0) is 29.8. The molecule has 0 bridgehead atoms. The largest absolute Gasteiger partial charge is 0.481 e. The average molecular weight is 595 g/mol. The van der Waals surface area contributed by atoms with Crippen LogP contribution in [0.4, 0.5) is 0 Å². The molecule has 0 radical (unpaired) electrons. The van der Waals surface area contributed by atoms with Crippen molar-refractivity contribution in [3.63, 3.8) is 0 Å². The predicted molar refractivity (Wildman–Crippen MR) is 158 cm³/mol. The number of Topliss-reactive ketones (excluding diaryl/α,β-unsaturated/α-hetero) is 2. The monoisotopic (exact) mass is 594 g/mol. The minimum absolute atomic E-state index is 0.0186. The summed E-state index contributed by atoms with van der Waals surface area (Å²) < 4.78 is 0. The van der Waals surface area contributed by atoms with Crippen LogP contribution >= 0.6 is 36.2 Å². The normalized spacial score (nSPS) is 21.5. The Bertz CT molecular complexity index is 769. The molecule has 2 aliphatic rings. The van der Waals surface area contributed by atoms with E-state index < -0.39 is 17.9 Å². The van der Waals surface area contributed by atoms with Crippen LogP contribution in [0.25, 0.3) is 0 Å². The Morgan fingerprint density at radius 1 is 1.00 bits per heavy atom. The van der Waals surface area contributed by atoms with Crippen LogP contribution in [0.1, 0.15) is 99.3 Å². The van der Waals surface area contributed by atoms with Gasteiger partial charge in [0.25, 0.3) is 0 Å². The molecule has 2 N–H and O–H groups in total. The lowest BCUT2D eigenvalue weighted by atomic mass is 9.98. The fourth-order valence-corrected chi connectivity index (χ4v) is 5.91. The van der Waals surface area contributed by atoms with Gasteiger partial charge in [-0.2, -0.15) is 12.6 Å². The van der Waals surface area contributed by atoms with Crippen LogP contribution in [-0.4, -0.2) is 60.2 Å². The van der Waals surface area contributed by atoms with Gasteiger partial charge in [-0.25, -0.2) is 0 Å². The molecule has 5 unspecified atom stereocenters. The van der Waals surface area contributed by atoms with Crippen LogP contribution in [-0.2, 0) is 28.8 Å². The van der Waals surface area contributed by atoms with Crippen molar-refractivity contribution in [3.8, 4) is 0 Å². The van der Waals surface area contributed by atoms with Crippen molar-refractivity contribution in [2.24, 2.45) is 17.8 Å². The lowest BCUT2D eigenvalue weighted by Crippen LogP contribution is -2.18. The molecule has 2 heterocycles. The van der Waals surface area contributed by atoms with Crippen molar-refractivity contribution < 1.29 is 39.0 Å². The maximum absolute atomic E-state index is 11.2. The Morgan fingerprint density at radius 3 is 1.84 bits per heavy atom. The second kappa shape index (κ2) is 22.5. The second-order valence-corrected chi connectivity index (χ2v) is 13.2. The number of thiol groups is 1. The maximum atomic E-state index is 11.2. The molecule has 0 amide bonds. The first-order valence-corrected chi connectivity index (χ1v) is 15.5. The predicted octanol–water partition coefficient (Wildman–Crippen LogP) is 5.95. The molecule has 2 saturated heterocycles. The van der Waals surface area contributed by atoms with Crippen molar-refractivity contribution in [2.45, 2.75) is 110 Å². The fraction of sp³-hybridized carbons (Fsp3) is 0.778. The number of hydrogen-bond acceptors (Lipinski definition) is 9. The van der Waals surface area contributed by atoms with Crippen molar-refractivity contribution in [3.05, 3.63) is 0 Å². The molecule has 0 saturated carbocycles. The smallest absolute Gasteiger partial charge is 0.306 e. The number of aliphatic carboxylic acids is 2. The Morgan fingerprint density at radius 2 is 1.58 bits per heavy atom. The van der Waals surface area contributed by atoms with Gasteiger partial charge < -0.3 is 19.8 Å². The SMILES string of the molecule is CC(=O)CCC1CC(C)SC1=O.CC(S)CC(CCC(=O)O)C(=O)O.CC1CCSC1=O.CCCC(C)=O. The maximum Gasteiger partial charge on any atom is 0.306 e. The molecule has 0 aromatic carbocycles. The Kier molecular flexibility index (Phi) is 23.0. The summed E-state index contributed by atoms with van der Waals surface area (Å²) in [5, 5.41) is 18.2. The van der Waals surface area contributed by atoms with E-state index in [-0.39, 0.29) is 40.7 Å². The number of carbonyl (C=O) groups excluding carboxylic acids is 4. The van der Waals surface area contributed by atoms with Crippen LogP contribution in [0.3, 0.4) is 0 Å². The van der Waals surface area contributed by atoms with Gasteiger partial charge in [0.1, 0.15) is 11.6 Å². The Balaban J connectivity index is 0. The summed E-state index contributed by atoms with van der Waals surface area (Å²) in [7, 11) is 0. The Labute approximate surface area is 241 Å². The molecule has 11 heteroatoms. The number of rotatable bonds is 11. The summed E-state index contributed by atoms with van der Waals surface area (Å²) in [4.78, 5) is 63.3. The third-order valence-electron chi connectivity index (χ3n) is 5.59. The zero-order valence-electron chi connectivity index (χ0n) is 23.6. The molecule has 2 rings (SSSR count). The number of ketones is 2. The third kappa shape index (κ3) is 22.6. The first-order valence-electron chi connectivity index (χ1n) is 13.1. The summed E-state index contributed by atoms with van der Waals surface area (Å²) in [5.74, 6) is -0.493. The molecule has 0 aromatic rings. The number of carboxylic acid groups (broad SMARTS) is 2. The second-order valence-electron chi connectivity index (χ2n) is 9.78. The summed E-state index contributed by atoms with van der Waals surface area (Å²) in [5.41, 5.74) is 0. The first-order chi connectivity index (χ1) is 17.6. The van der Waals surface area contributed by atoms with Crippen molar-refractivity contribution >= 4 is 69.9 Å². The minimum atomic E-state index is -0.960. The van der Waals surface area contributed by atoms with E-state index in [1.807, 2.05) is 13.8 Å². The highest BCUT2D eigenvalue weighted by atomic mass is 32.2. The van der Waals surface area contributed by atoms with E-state index in [9.17, 15) is 28.8 Å². The molecule has 0 aromatic heterocycles. The van der Waals surface area contributed by atoms with E-state index in [2.05, 4.69) is 19.6 Å². The first kappa shape index (κ1) is 38.8. The quantitative estimate of drug-likeness (QED) is 0.246. The highest BCUT2D eigenvalue weighted by Crippen LogP contribution is 2.35. The number of thioether (sulfide) groups is 2. The molecule has 5 atom stereocenters. The standard InChI is InChI=1S/C9H14O2S.C8H14O4S.C5H8OS.C5H10O/c1-6(10)3-4-8-5-7(2)12-9(8)11;1-5(13)4-6(8(11)12)2-3-7(9)10;1-4-2-3-7-5(4)6;1-3-4-5(2)6/h7-8H,3-5H2,1-2H3;5-6,13H,2-4H2,1H3,(H,9,10)(H,11,12);4H,2-3H2,1H3;3-4H2,1-2H3. The summed E-state index contributed by atoms with van der Waals surface area (Å²) in [6.45, 7) is 11.0. The van der Waals surface area contributed by atoms with Gasteiger partial charge in [-0.15, -0.1) is 0 Å². The molecule has 220 valence electrons. The van der Waals surface area contributed by atoms with Crippen molar-refractivity contribution in [2.75, 3.05) is 5.75 Å². The van der Waals surface area contributed by atoms with Crippen molar-refractivity contribution in [1.29, 1.82) is 0 Å². The van der Waals surface area contributed by atoms with E-state index in [4.69, 9.17) is 10.2 Å². The van der Waals surface area contributed by atoms with Gasteiger partial charge in [-0.1, -0.05) is 51.2 Å². The molecule has 0 spiro atoms. The van der Waals surface area contributed by atoms with Gasteiger partial charge >= 0.3 is 11.9 Å². The molecule has 2 fully saturated rings. The van der Waals surface area contributed by atoms with Gasteiger partial charge in [0.2, 0.25) is 0 Å². The van der Waals surface area contributed by atoms with E-state index in [1.54, 1.807) is 20.8 Å². The minimum Gasteiger partial charge on any atom is -0.481 e. The highest BCUT2D eigenvalue weighted by molar-refractivity contribution is 8.14. The zero-order valence-corrected chi connectivity index (χ0v) is 26.1. The van der Waals surface area contributed by atoms with Gasteiger partial charge in [-0.3, -0.25) is 19.2 Å². The van der Waals surface area contributed by atoms with E-state index in [0.29, 0.717) is 29.1 Å². The lowest BCUT2D eigenvalue weighted by Gasteiger charge is -2.12. The molecule has 38 heavy (non-hydrogen) atoms. The van der Waals surface area contributed by atoms with Gasteiger partial charge in [0, 0.05) is 42.1 Å². The van der Waals surface area contributed by atoms with E-state index in [1.165, 1.54) is 23.5 Å². The van der Waals surface area contributed by atoms with Gasteiger partial charge in [0.05, 0.1) is 5.92 Å². The van der Waals surface area contributed by atoms with E-state index >= 15 is 0 Å². The number of carboxylic acids is 2. The highest BCUT2D eigenvalue weighted by Gasteiger charge is 2.30. The van der Waals surface area contributed by atoms with Crippen molar-refractivity contribution in [1.82, 2.24) is 0 Å². The van der Waals surface area contributed by atoms with E-state index in [0.717, 1.165) is 37.9 Å². The average Bonchev–Trinajstić information content (AvgIpc) is 3.32. The molecule has 8 nitrogen and oxygen atoms in total. The summed E-state index contributed by atoms with van der Waals surface area (Å²) in [6, 6.07) is 0. The summed E-state index contributed by atoms with van der Waals surface area (Å²) >= 11 is 6.96. The lowest BCUT2D eigenvalue weighted by molar-refractivity contribution is -0.143. The number of hydrogen-bond donors (Lipinski definition) is 3. The van der Waals surface area contributed by atoms with Gasteiger partial charge in [-0.05, 0) is 57.6 Å². The number of carbonyl (C=O) groups is 6. The summed E-state index contributed by atoms with van der Waals surface area (Å²) in [6.07, 6.45) is 5.56. The van der Waals surface area contributed by atoms with Crippen LogP contribution in [0, 0.1) is 17.8 Å². The topological polar surface area (TPSA) is 143 Å². The van der Waals surface area contributed by atoms with Gasteiger partial charge in [0.15, 0.2) is 10.2 Å². The van der Waals surface area contributed by atoms with Crippen LogP contribution in [0.2, 0.25) is 0 Å². The molecule has 0 aliphatic carbocycles. The molecule has 2 aliphatic heterocycles. The van der Waals surface area contributed by atoms with Crippen LogP contribution < -0.4 is 0 Å². The molecular weight excluding hydrogens is 548 g/mol. The van der Waals surface area contributed by atoms with Crippen LogP contribution in [0.5, 0.6) is 0 Å².